The van der Waals surface area contributed by atoms with Gasteiger partial charge < -0.3 is 9.47 Å². The molecule has 0 heterocycles. The lowest BCUT2D eigenvalue weighted by atomic mass is 9.93. The lowest BCUT2D eigenvalue weighted by molar-refractivity contribution is 0.00184. The predicted molar refractivity (Wildman–Crippen MR) is 77.6 cm³/mol. The molecule has 3 N–H and O–H groups in total. The van der Waals surface area contributed by atoms with Crippen LogP contribution >= 0.6 is 0 Å². The SMILES string of the molecule is COC(c1ccccc1)C(CCC(C)(C)OC)NN. The Balaban J connectivity index is 2.71. The number of hydrogen-bond acceptors (Lipinski definition) is 4. The molecule has 0 fully saturated rings. The molecular weight excluding hydrogens is 240 g/mol. The van der Waals surface area contributed by atoms with E-state index in [1.165, 1.54) is 0 Å². The number of ether oxygens (including phenoxy) is 2. The van der Waals surface area contributed by atoms with E-state index in [1.54, 1.807) is 14.2 Å². The van der Waals surface area contributed by atoms with Crippen LogP contribution in [0.15, 0.2) is 30.3 Å². The van der Waals surface area contributed by atoms with Gasteiger partial charge in [0.05, 0.1) is 17.7 Å². The summed E-state index contributed by atoms with van der Waals surface area (Å²) in [5.41, 5.74) is 3.85. The van der Waals surface area contributed by atoms with Crippen molar-refractivity contribution >= 4 is 0 Å². The largest absolute Gasteiger partial charge is 0.379 e. The summed E-state index contributed by atoms with van der Waals surface area (Å²) in [5.74, 6) is 5.69. The molecular formula is C15H26N2O2. The summed E-state index contributed by atoms with van der Waals surface area (Å²) in [6, 6.07) is 10.2. The van der Waals surface area contributed by atoms with Crippen LogP contribution in [0.25, 0.3) is 0 Å². The van der Waals surface area contributed by atoms with Gasteiger partial charge in [0.15, 0.2) is 0 Å². The van der Waals surface area contributed by atoms with E-state index in [1.807, 2.05) is 18.2 Å². The Labute approximate surface area is 116 Å². The van der Waals surface area contributed by atoms with E-state index in [4.69, 9.17) is 15.3 Å². The van der Waals surface area contributed by atoms with Crippen molar-refractivity contribution in [2.24, 2.45) is 5.84 Å². The first kappa shape index (κ1) is 16.1. The van der Waals surface area contributed by atoms with E-state index in [0.717, 1.165) is 18.4 Å². The van der Waals surface area contributed by atoms with Gasteiger partial charge in [-0.15, -0.1) is 0 Å². The van der Waals surface area contributed by atoms with Gasteiger partial charge in [0.1, 0.15) is 0 Å². The van der Waals surface area contributed by atoms with E-state index >= 15 is 0 Å². The fourth-order valence-corrected chi connectivity index (χ4v) is 2.10. The normalized spacial score (nSPS) is 15.2. The second kappa shape index (κ2) is 7.60. The highest BCUT2D eigenvalue weighted by atomic mass is 16.5. The number of benzene rings is 1. The predicted octanol–water partition coefficient (Wildman–Crippen LogP) is 2.41. The van der Waals surface area contributed by atoms with Crippen LogP contribution in [0.2, 0.25) is 0 Å². The van der Waals surface area contributed by atoms with Gasteiger partial charge in [0, 0.05) is 14.2 Å². The Morgan fingerprint density at radius 3 is 2.32 bits per heavy atom. The molecule has 0 saturated heterocycles. The van der Waals surface area contributed by atoms with E-state index < -0.39 is 0 Å². The van der Waals surface area contributed by atoms with Crippen molar-refractivity contribution in [3.05, 3.63) is 35.9 Å². The first-order chi connectivity index (χ1) is 9.04. The topological polar surface area (TPSA) is 56.5 Å². The van der Waals surface area contributed by atoms with Crippen LogP contribution in [0, 0.1) is 0 Å². The zero-order valence-corrected chi connectivity index (χ0v) is 12.3. The number of hydrogen-bond donors (Lipinski definition) is 2. The molecule has 0 aliphatic rings. The summed E-state index contributed by atoms with van der Waals surface area (Å²) in [5, 5.41) is 0. The first-order valence-corrected chi connectivity index (χ1v) is 6.63. The van der Waals surface area contributed by atoms with Gasteiger partial charge in [-0.2, -0.15) is 0 Å². The summed E-state index contributed by atoms with van der Waals surface area (Å²) in [6.07, 6.45) is 1.73. The highest BCUT2D eigenvalue weighted by Crippen LogP contribution is 2.26. The number of rotatable bonds is 8. The molecule has 1 aromatic rings. The number of hydrazine groups is 1. The number of nitrogens with one attached hydrogen (secondary N) is 1. The minimum atomic E-state index is -0.149. The first-order valence-electron chi connectivity index (χ1n) is 6.63. The molecule has 1 rings (SSSR count). The van der Waals surface area contributed by atoms with Crippen molar-refractivity contribution < 1.29 is 9.47 Å². The third kappa shape index (κ3) is 4.91. The molecule has 0 bridgehead atoms. The summed E-state index contributed by atoms with van der Waals surface area (Å²) < 4.78 is 11.0. The minimum absolute atomic E-state index is 0.0566. The Kier molecular flexibility index (Phi) is 6.45. The molecule has 0 aromatic heterocycles. The third-order valence-electron chi connectivity index (χ3n) is 3.57. The Bertz CT molecular complexity index is 354. The molecule has 19 heavy (non-hydrogen) atoms. The van der Waals surface area contributed by atoms with Crippen molar-refractivity contribution in [3.63, 3.8) is 0 Å². The second-order valence-corrected chi connectivity index (χ2v) is 5.34. The summed E-state index contributed by atoms with van der Waals surface area (Å²) in [7, 11) is 3.44. The third-order valence-corrected chi connectivity index (χ3v) is 3.57. The van der Waals surface area contributed by atoms with E-state index in [2.05, 4.69) is 31.4 Å². The maximum atomic E-state index is 5.69. The lowest BCUT2D eigenvalue weighted by Crippen LogP contribution is -2.42. The summed E-state index contributed by atoms with van der Waals surface area (Å²) >= 11 is 0. The van der Waals surface area contributed by atoms with E-state index in [9.17, 15) is 0 Å². The van der Waals surface area contributed by atoms with Crippen LogP contribution in [0.5, 0.6) is 0 Å². The van der Waals surface area contributed by atoms with Gasteiger partial charge >= 0.3 is 0 Å². The molecule has 0 amide bonds. The molecule has 0 spiro atoms. The fraction of sp³-hybridized carbons (Fsp3) is 0.600. The van der Waals surface area contributed by atoms with Gasteiger partial charge in [-0.05, 0) is 32.3 Å². The van der Waals surface area contributed by atoms with Crippen molar-refractivity contribution in [3.8, 4) is 0 Å². The average molecular weight is 266 g/mol. The molecule has 0 aliphatic heterocycles. The molecule has 0 saturated carbocycles. The average Bonchev–Trinajstić information content (AvgIpc) is 2.44. The van der Waals surface area contributed by atoms with Crippen LogP contribution < -0.4 is 11.3 Å². The van der Waals surface area contributed by atoms with E-state index in [0.29, 0.717) is 0 Å². The molecule has 4 nitrogen and oxygen atoms in total. The van der Waals surface area contributed by atoms with Gasteiger partial charge in [-0.3, -0.25) is 11.3 Å². The molecule has 4 heteroatoms. The molecule has 1 aromatic carbocycles. The van der Waals surface area contributed by atoms with E-state index in [-0.39, 0.29) is 17.7 Å². The molecule has 2 atom stereocenters. The van der Waals surface area contributed by atoms with Gasteiger partial charge in [0.2, 0.25) is 0 Å². The highest BCUT2D eigenvalue weighted by molar-refractivity contribution is 5.19. The van der Waals surface area contributed by atoms with Crippen molar-refractivity contribution in [1.29, 1.82) is 0 Å². The smallest absolute Gasteiger partial charge is 0.0987 e. The molecule has 0 radical (unpaired) electrons. The van der Waals surface area contributed by atoms with Gasteiger partial charge in [-0.1, -0.05) is 30.3 Å². The van der Waals surface area contributed by atoms with Crippen LogP contribution in [0.4, 0.5) is 0 Å². The Morgan fingerprint density at radius 1 is 1.21 bits per heavy atom. The summed E-state index contributed by atoms with van der Waals surface area (Å²) in [4.78, 5) is 0. The van der Waals surface area contributed by atoms with Crippen molar-refractivity contribution in [2.75, 3.05) is 14.2 Å². The molecule has 2 unspecified atom stereocenters. The standard InChI is InChI=1S/C15H26N2O2/c1-15(2,19-4)11-10-13(17-16)14(18-3)12-8-6-5-7-9-12/h5-9,13-14,17H,10-11,16H2,1-4H3. The minimum Gasteiger partial charge on any atom is -0.379 e. The van der Waals surface area contributed by atoms with Crippen LogP contribution in [0.1, 0.15) is 38.4 Å². The summed E-state index contributed by atoms with van der Waals surface area (Å²) in [6.45, 7) is 4.15. The maximum Gasteiger partial charge on any atom is 0.0987 e. The Morgan fingerprint density at radius 2 is 1.84 bits per heavy atom. The lowest BCUT2D eigenvalue weighted by Gasteiger charge is -2.29. The van der Waals surface area contributed by atoms with Crippen LogP contribution in [-0.2, 0) is 9.47 Å². The zero-order chi connectivity index (χ0) is 14.3. The molecule has 108 valence electrons. The van der Waals surface area contributed by atoms with Gasteiger partial charge in [0.25, 0.3) is 0 Å². The van der Waals surface area contributed by atoms with Crippen LogP contribution in [-0.4, -0.2) is 25.9 Å². The number of methoxy groups -OCH3 is 2. The zero-order valence-electron chi connectivity index (χ0n) is 12.3. The van der Waals surface area contributed by atoms with Gasteiger partial charge in [-0.25, -0.2) is 0 Å². The fourth-order valence-electron chi connectivity index (χ4n) is 2.10. The van der Waals surface area contributed by atoms with Crippen molar-refractivity contribution in [1.82, 2.24) is 5.43 Å². The highest BCUT2D eigenvalue weighted by Gasteiger charge is 2.25. The Hall–Kier alpha value is -0.940. The maximum absolute atomic E-state index is 5.69. The van der Waals surface area contributed by atoms with Crippen LogP contribution in [0.3, 0.4) is 0 Å². The van der Waals surface area contributed by atoms with Crippen molar-refractivity contribution in [2.45, 2.75) is 44.4 Å². The molecule has 0 aliphatic carbocycles. The monoisotopic (exact) mass is 266 g/mol. The second-order valence-electron chi connectivity index (χ2n) is 5.34. The quantitative estimate of drug-likeness (QED) is 0.560. The number of nitrogens with two attached hydrogens (primary N) is 1.